The second-order valence-electron chi connectivity index (χ2n) is 22.4. The number of nitrogens with zero attached hydrogens (tertiary/aromatic N) is 2. The molecule has 3 heterocycles. The minimum atomic E-state index is -2.23. The predicted molar refractivity (Wildman–Crippen MR) is 292 cm³/mol. The Morgan fingerprint density at radius 2 is 1.40 bits per heavy atom. The van der Waals surface area contributed by atoms with Gasteiger partial charge in [0.2, 0.25) is 41.9 Å². The maximum Gasteiger partial charge on any atom is 0.248 e. The Hall–Kier alpha value is -5.09. The van der Waals surface area contributed by atoms with Crippen LogP contribution in [-0.2, 0) is 33.6 Å². The molecule has 0 aromatic heterocycles. The Balaban J connectivity index is 1.48. The van der Waals surface area contributed by atoms with Crippen LogP contribution in [0.4, 0.5) is 0 Å². The Bertz CT molecular complexity index is 2110. The number of likely N-dealkylation sites (tertiary alicyclic amines) is 2. The lowest BCUT2D eigenvalue weighted by atomic mass is 9.91. The van der Waals surface area contributed by atoms with Crippen molar-refractivity contribution < 1.29 is 79.5 Å². The Labute approximate surface area is 469 Å². The molecule has 0 aliphatic carbocycles. The molecule has 25 nitrogen and oxygen atoms in total. The van der Waals surface area contributed by atoms with Gasteiger partial charge in [-0.1, -0.05) is 77.8 Å². The van der Waals surface area contributed by atoms with E-state index in [2.05, 4.69) is 58.0 Å². The first-order valence-corrected chi connectivity index (χ1v) is 28.7. The van der Waals surface area contributed by atoms with E-state index in [1.54, 1.807) is 6.92 Å². The lowest BCUT2D eigenvalue weighted by molar-refractivity contribution is -0.148. The molecule has 3 aliphatic heterocycles. The van der Waals surface area contributed by atoms with E-state index in [0.717, 1.165) is 69.2 Å². The normalized spacial score (nSPS) is 23.7. The minimum Gasteiger partial charge on any atom is -0.508 e. The summed E-state index contributed by atoms with van der Waals surface area (Å²) in [7, 11) is 0. The highest BCUT2D eigenvalue weighted by atomic mass is 16.3. The van der Waals surface area contributed by atoms with Gasteiger partial charge in [0, 0.05) is 32.0 Å². The van der Waals surface area contributed by atoms with Gasteiger partial charge in [0.25, 0.3) is 0 Å². The van der Waals surface area contributed by atoms with E-state index in [1.807, 2.05) is 0 Å². The third-order valence-electron chi connectivity index (χ3n) is 15.7. The number of amides is 7. The molecule has 1 aromatic carbocycles. The third kappa shape index (κ3) is 20.7. The first kappa shape index (κ1) is 67.4. The van der Waals surface area contributed by atoms with Crippen molar-refractivity contribution in [3.63, 3.8) is 0 Å². The number of aromatic hydroxyl groups is 1. The molecule has 17 atom stereocenters. The Kier molecular flexibility index (Phi) is 28.4. The average molecular weight is 1140 g/mol. The summed E-state index contributed by atoms with van der Waals surface area (Å²) in [5, 5.41) is 116. The molecule has 0 saturated carbocycles. The second kappa shape index (κ2) is 33.7. The van der Waals surface area contributed by atoms with Crippen LogP contribution >= 0.6 is 0 Å². The van der Waals surface area contributed by atoms with Crippen LogP contribution in [0.15, 0.2) is 24.3 Å². The number of β-amino-alcohol motifs (C(OH)–C–C–N with tert-alkyl or cyclic N) is 1. The molecule has 1 aromatic rings. The first-order valence-electron chi connectivity index (χ1n) is 28.7. The zero-order valence-corrected chi connectivity index (χ0v) is 47.1. The number of carbonyl (C=O) groups excluding carboxylic acids is 7. The van der Waals surface area contributed by atoms with Crippen molar-refractivity contribution in [3.8, 4) is 5.75 Å². The fourth-order valence-corrected chi connectivity index (χ4v) is 10.8. The monoisotopic (exact) mass is 1140 g/mol. The third-order valence-corrected chi connectivity index (χ3v) is 15.7. The summed E-state index contributed by atoms with van der Waals surface area (Å²) in [6.07, 6.45) is -4.29. The highest BCUT2D eigenvalue weighted by Crippen LogP contribution is 2.26. The summed E-state index contributed by atoms with van der Waals surface area (Å²) in [6, 6.07) is -4.35. The van der Waals surface area contributed by atoms with E-state index in [-0.39, 0.29) is 69.2 Å². The quantitative estimate of drug-likeness (QED) is 0.0201. The van der Waals surface area contributed by atoms with Crippen molar-refractivity contribution in [2.45, 2.75) is 229 Å². The maximum atomic E-state index is 14.5. The largest absolute Gasteiger partial charge is 0.508 e. The van der Waals surface area contributed by atoms with Gasteiger partial charge in [-0.2, -0.15) is 0 Å². The van der Waals surface area contributed by atoms with Crippen LogP contribution in [0.1, 0.15) is 149 Å². The van der Waals surface area contributed by atoms with Gasteiger partial charge >= 0.3 is 0 Å². The van der Waals surface area contributed by atoms with Crippen molar-refractivity contribution >= 4 is 41.9 Å². The number of hydrogen-bond acceptors (Lipinski definition) is 18. The second-order valence-corrected chi connectivity index (χ2v) is 22.4. The summed E-state index contributed by atoms with van der Waals surface area (Å²) >= 11 is 0. The number of benzene rings is 1. The summed E-state index contributed by atoms with van der Waals surface area (Å²) in [5.74, 6) is -4.72. The molecule has 0 radical (unpaired) electrons. The Morgan fingerprint density at radius 1 is 0.750 bits per heavy atom. The molecular weight excluding hydrogens is 1040 g/mol. The molecule has 454 valence electrons. The van der Waals surface area contributed by atoms with Gasteiger partial charge in [-0.3, -0.25) is 33.6 Å². The summed E-state index contributed by atoms with van der Waals surface area (Å²) in [4.78, 5) is 97.5. The van der Waals surface area contributed by atoms with Crippen LogP contribution in [0.25, 0.3) is 0 Å². The van der Waals surface area contributed by atoms with Gasteiger partial charge in [0.05, 0.1) is 30.6 Å². The van der Waals surface area contributed by atoms with E-state index in [0.29, 0.717) is 18.3 Å². The molecule has 3 fully saturated rings. The van der Waals surface area contributed by atoms with Crippen LogP contribution in [0.3, 0.4) is 0 Å². The maximum absolute atomic E-state index is 14.5. The van der Waals surface area contributed by atoms with Gasteiger partial charge in [-0.05, 0) is 101 Å². The molecule has 3 saturated heterocycles. The number of aliphatic hydroxyl groups is 8. The summed E-state index contributed by atoms with van der Waals surface area (Å²) < 4.78 is 0. The standard InChI is InChI=1S/C55H93N9O16/c1-6-31(2)26-32(3)14-11-9-7-8-10-12-16-43(72)59-38(50(75)60-44(34(5)66)54(79)64-29-37(68)27-33(64)4)28-41(71)51(76)62-53(78)47-40(70)22-25-63(47)55(80)45(39(69)21-24-57-42-15-13-23-56-42)61-52(77)46(58-30-65)49(74)48(73)35-17-19-36(67)20-18-35/h17-20,30-34,37-42,44-49,51,56-57,66-71,73-74,76H,6-16,21-29H2,1-5H3,(H,58,65)(H,59,72)(H,60,75)(H,61,77)(H,62,78). The van der Waals surface area contributed by atoms with Crippen molar-refractivity contribution in [1.82, 2.24) is 47.0 Å². The van der Waals surface area contributed by atoms with Gasteiger partial charge in [-0.15, -0.1) is 0 Å². The molecule has 7 amide bonds. The molecule has 4 rings (SSSR count). The number of phenolic OH excluding ortho intramolecular Hbond substituents is 1. The molecule has 25 heteroatoms. The fourth-order valence-electron chi connectivity index (χ4n) is 10.8. The summed E-state index contributed by atoms with van der Waals surface area (Å²) in [6.45, 7) is 10.2. The lowest BCUT2D eigenvalue weighted by Gasteiger charge is -2.34. The first-order chi connectivity index (χ1) is 38.0. The zero-order valence-electron chi connectivity index (χ0n) is 47.1. The lowest BCUT2D eigenvalue weighted by Crippen LogP contribution is -2.63. The van der Waals surface area contributed by atoms with E-state index in [4.69, 9.17) is 0 Å². The smallest absolute Gasteiger partial charge is 0.248 e. The highest BCUT2D eigenvalue weighted by molar-refractivity contribution is 5.95. The van der Waals surface area contributed by atoms with Crippen molar-refractivity contribution in [2.24, 2.45) is 11.8 Å². The van der Waals surface area contributed by atoms with E-state index >= 15 is 0 Å². The van der Waals surface area contributed by atoms with Gasteiger partial charge in [0.1, 0.15) is 54.3 Å². The number of nitrogens with one attached hydrogen (secondary N) is 7. The summed E-state index contributed by atoms with van der Waals surface area (Å²) in [5.41, 5.74) is 0.0431. The van der Waals surface area contributed by atoms with E-state index < -0.39 is 127 Å². The number of hydrogen-bond donors (Lipinski definition) is 16. The predicted octanol–water partition coefficient (Wildman–Crippen LogP) is -1.89. The topological polar surface area (TPSA) is 392 Å². The van der Waals surface area contributed by atoms with Crippen LogP contribution in [0.5, 0.6) is 5.75 Å². The van der Waals surface area contributed by atoms with Crippen LogP contribution in [0.2, 0.25) is 0 Å². The molecule has 16 N–H and O–H groups in total. The molecule has 17 unspecified atom stereocenters. The number of unbranched alkanes of at least 4 members (excludes halogenated alkanes) is 5. The fraction of sp³-hybridized carbons (Fsp3) is 0.764. The highest BCUT2D eigenvalue weighted by Gasteiger charge is 2.47. The molecule has 0 bridgehead atoms. The van der Waals surface area contributed by atoms with E-state index in [9.17, 15) is 79.5 Å². The van der Waals surface area contributed by atoms with E-state index in [1.165, 1.54) is 42.5 Å². The number of rotatable bonds is 35. The number of phenols is 1. The molecule has 80 heavy (non-hydrogen) atoms. The Morgan fingerprint density at radius 3 is 2.01 bits per heavy atom. The number of aliphatic hydroxyl groups excluding tert-OH is 8. The number of carbonyl (C=O) groups is 7. The molecule has 3 aliphatic rings. The zero-order chi connectivity index (χ0) is 59.2. The van der Waals surface area contributed by atoms with Crippen LogP contribution in [-0.4, -0.2) is 209 Å². The van der Waals surface area contributed by atoms with Crippen molar-refractivity contribution in [3.05, 3.63) is 29.8 Å². The molecular formula is C55H93N9O16. The van der Waals surface area contributed by atoms with Crippen LogP contribution < -0.4 is 37.2 Å². The molecule has 0 spiro atoms. The van der Waals surface area contributed by atoms with Gasteiger partial charge < -0.3 is 93.0 Å². The SMILES string of the molecule is CCC(C)CC(C)CCCCCCCCC(=O)NC(CC(O)C(O)NC(=O)C1C(O)CCN1C(=O)C(NC(=O)C(NC=O)C(O)C(O)c1ccc(O)cc1)C(O)CCNC1CCCN1)C(=O)NC(C(=O)N1CC(O)CC1C)C(C)O. The van der Waals surface area contributed by atoms with Gasteiger partial charge in [0.15, 0.2) is 6.23 Å². The average Bonchev–Trinajstić information content (AvgIpc) is 4.17. The van der Waals surface area contributed by atoms with Crippen molar-refractivity contribution in [1.29, 1.82) is 0 Å². The van der Waals surface area contributed by atoms with Gasteiger partial charge in [-0.25, -0.2) is 0 Å². The minimum absolute atomic E-state index is 0.0164. The van der Waals surface area contributed by atoms with Crippen LogP contribution in [0, 0.1) is 11.8 Å². The van der Waals surface area contributed by atoms with Crippen molar-refractivity contribution in [2.75, 3.05) is 26.2 Å².